The molecule has 1 aliphatic carbocycles. The predicted octanol–water partition coefficient (Wildman–Crippen LogP) is 1.75. The minimum Gasteiger partial charge on any atom is -0.375 e. The highest BCUT2D eigenvalue weighted by Gasteiger charge is 2.44. The number of ketones is 1. The average Bonchev–Trinajstić information content (AvgIpc) is 2.27. The Kier molecular flexibility index (Phi) is 2.76. The third kappa shape index (κ3) is 1.91. The fourth-order valence-electron chi connectivity index (χ4n) is 3.41. The van der Waals surface area contributed by atoms with Gasteiger partial charge in [0, 0.05) is 19.1 Å². The number of piperidine rings is 1. The number of likely N-dealkylation sites (tertiary alicyclic amines) is 1. The monoisotopic (exact) mass is 223 g/mol. The number of carbonyl (C=O) groups excluding carboxylic acids is 1. The van der Waals surface area contributed by atoms with Crippen LogP contribution in [0.25, 0.3) is 0 Å². The van der Waals surface area contributed by atoms with Gasteiger partial charge in [0.25, 0.3) is 0 Å². The number of rotatable bonds is 1. The van der Waals surface area contributed by atoms with Crippen molar-refractivity contribution < 1.29 is 9.53 Å². The van der Waals surface area contributed by atoms with E-state index in [0.717, 1.165) is 32.4 Å². The molecule has 90 valence electrons. The van der Waals surface area contributed by atoms with Crippen molar-refractivity contribution in [3.8, 4) is 0 Å². The van der Waals surface area contributed by atoms with E-state index in [2.05, 4.69) is 4.90 Å². The second-order valence-electron chi connectivity index (χ2n) is 5.64. The molecule has 2 aliphatic heterocycles. The molecule has 2 heterocycles. The number of ether oxygens (including phenoxy) is 1. The summed E-state index contributed by atoms with van der Waals surface area (Å²) < 4.78 is 5.94. The Bertz CT molecular complexity index is 286. The second kappa shape index (κ2) is 4.11. The molecule has 0 amide bonds. The molecular formula is C13H21NO2. The second-order valence-corrected chi connectivity index (χ2v) is 5.64. The summed E-state index contributed by atoms with van der Waals surface area (Å²) in [4.78, 5) is 13.9. The van der Waals surface area contributed by atoms with E-state index < -0.39 is 0 Å². The summed E-state index contributed by atoms with van der Waals surface area (Å²) in [5, 5.41) is 0. The van der Waals surface area contributed by atoms with Gasteiger partial charge in [-0.15, -0.1) is 0 Å². The fourth-order valence-corrected chi connectivity index (χ4v) is 3.41. The third-order valence-corrected chi connectivity index (χ3v) is 4.53. The van der Waals surface area contributed by atoms with E-state index in [9.17, 15) is 4.79 Å². The Morgan fingerprint density at radius 2 is 2.19 bits per heavy atom. The smallest absolute Gasteiger partial charge is 0.146 e. The minimum atomic E-state index is 0.212. The van der Waals surface area contributed by atoms with Crippen LogP contribution in [0.15, 0.2) is 0 Å². The molecule has 1 atom stereocenters. The molecule has 1 spiro atoms. The number of Topliss-reactive ketones (excluding diaryl/α,β-unsaturated/α-hetero) is 1. The quantitative estimate of drug-likeness (QED) is 0.678. The molecule has 3 rings (SSSR count). The molecule has 2 saturated heterocycles. The van der Waals surface area contributed by atoms with Gasteiger partial charge in [-0.1, -0.05) is 0 Å². The normalized spacial score (nSPS) is 35.0. The van der Waals surface area contributed by atoms with Crippen LogP contribution in [-0.2, 0) is 9.53 Å². The summed E-state index contributed by atoms with van der Waals surface area (Å²) in [6, 6.07) is 0.610. The molecule has 0 bridgehead atoms. The summed E-state index contributed by atoms with van der Waals surface area (Å²) >= 11 is 0. The fraction of sp³-hybridized carbons (Fsp3) is 0.923. The van der Waals surface area contributed by atoms with Gasteiger partial charge in [-0.2, -0.15) is 0 Å². The van der Waals surface area contributed by atoms with Crippen molar-refractivity contribution in [2.75, 3.05) is 19.7 Å². The van der Waals surface area contributed by atoms with Crippen molar-refractivity contribution in [3.63, 3.8) is 0 Å². The maximum atomic E-state index is 11.5. The van der Waals surface area contributed by atoms with Gasteiger partial charge in [-0.3, -0.25) is 9.69 Å². The van der Waals surface area contributed by atoms with Crippen LogP contribution in [0.3, 0.4) is 0 Å². The lowest BCUT2D eigenvalue weighted by atomic mass is 9.73. The van der Waals surface area contributed by atoms with Crippen molar-refractivity contribution in [2.24, 2.45) is 0 Å². The summed E-state index contributed by atoms with van der Waals surface area (Å²) in [7, 11) is 0. The van der Waals surface area contributed by atoms with Gasteiger partial charge in [0.15, 0.2) is 0 Å². The molecule has 3 heteroatoms. The Morgan fingerprint density at radius 3 is 2.88 bits per heavy atom. The summed E-state index contributed by atoms with van der Waals surface area (Å²) in [5.41, 5.74) is 0.212. The van der Waals surface area contributed by atoms with Gasteiger partial charge in [0.2, 0.25) is 0 Å². The van der Waals surface area contributed by atoms with Crippen LogP contribution >= 0.6 is 0 Å². The highest BCUT2D eigenvalue weighted by atomic mass is 16.5. The van der Waals surface area contributed by atoms with Gasteiger partial charge in [-0.05, 0) is 45.1 Å². The zero-order valence-electron chi connectivity index (χ0n) is 9.91. The number of nitrogens with zero attached hydrogens (tertiary/aromatic N) is 1. The van der Waals surface area contributed by atoms with Crippen molar-refractivity contribution >= 4 is 5.78 Å². The molecule has 16 heavy (non-hydrogen) atoms. The van der Waals surface area contributed by atoms with E-state index in [1.54, 1.807) is 0 Å². The number of carbonyl (C=O) groups is 1. The van der Waals surface area contributed by atoms with Crippen LogP contribution in [0.4, 0.5) is 0 Å². The molecule has 0 aromatic carbocycles. The summed E-state index contributed by atoms with van der Waals surface area (Å²) in [6.45, 7) is 2.71. The Balaban J connectivity index is 1.63. The van der Waals surface area contributed by atoms with Crippen molar-refractivity contribution in [1.29, 1.82) is 0 Å². The van der Waals surface area contributed by atoms with E-state index >= 15 is 0 Å². The lowest BCUT2D eigenvalue weighted by molar-refractivity contribution is -0.152. The Hall–Kier alpha value is -0.410. The zero-order valence-corrected chi connectivity index (χ0v) is 9.91. The summed E-state index contributed by atoms with van der Waals surface area (Å²) in [5.74, 6) is 0.431. The van der Waals surface area contributed by atoms with Crippen molar-refractivity contribution in [2.45, 2.75) is 56.6 Å². The molecule has 1 unspecified atom stereocenters. The lowest BCUT2D eigenvalue weighted by Crippen LogP contribution is -2.54. The highest BCUT2D eigenvalue weighted by Crippen LogP contribution is 2.43. The van der Waals surface area contributed by atoms with Crippen molar-refractivity contribution in [3.05, 3.63) is 0 Å². The zero-order chi connectivity index (χ0) is 11.0. The average molecular weight is 223 g/mol. The predicted molar refractivity (Wildman–Crippen MR) is 61.4 cm³/mol. The maximum absolute atomic E-state index is 11.5. The molecule has 3 aliphatic rings. The van der Waals surface area contributed by atoms with Crippen LogP contribution in [0.1, 0.15) is 44.9 Å². The van der Waals surface area contributed by atoms with E-state index in [0.29, 0.717) is 18.4 Å². The van der Waals surface area contributed by atoms with Crippen LogP contribution in [-0.4, -0.2) is 42.0 Å². The Morgan fingerprint density at radius 1 is 1.31 bits per heavy atom. The lowest BCUT2D eigenvalue weighted by Gasteiger charge is -2.50. The highest BCUT2D eigenvalue weighted by molar-refractivity contribution is 5.81. The van der Waals surface area contributed by atoms with Crippen LogP contribution in [0.5, 0.6) is 0 Å². The van der Waals surface area contributed by atoms with Crippen LogP contribution in [0.2, 0.25) is 0 Å². The molecule has 3 nitrogen and oxygen atoms in total. The SMILES string of the molecule is O=C1CCCN(C2CCOC3(CCC3)C2)C1. The van der Waals surface area contributed by atoms with E-state index in [4.69, 9.17) is 4.74 Å². The molecule has 1 saturated carbocycles. The number of hydrogen-bond acceptors (Lipinski definition) is 3. The minimum absolute atomic E-state index is 0.212. The molecular weight excluding hydrogens is 202 g/mol. The molecule has 0 aromatic rings. The topological polar surface area (TPSA) is 29.5 Å². The van der Waals surface area contributed by atoms with Gasteiger partial charge >= 0.3 is 0 Å². The first-order chi connectivity index (χ1) is 7.77. The van der Waals surface area contributed by atoms with Gasteiger partial charge in [-0.25, -0.2) is 0 Å². The molecule has 0 radical (unpaired) electrons. The third-order valence-electron chi connectivity index (χ3n) is 4.53. The summed E-state index contributed by atoms with van der Waals surface area (Å²) in [6.07, 6.45) is 7.95. The largest absolute Gasteiger partial charge is 0.375 e. The van der Waals surface area contributed by atoms with Gasteiger partial charge in [0.05, 0.1) is 12.1 Å². The van der Waals surface area contributed by atoms with E-state index in [1.807, 2.05) is 0 Å². The van der Waals surface area contributed by atoms with Crippen LogP contribution < -0.4 is 0 Å². The Labute approximate surface area is 97.1 Å². The van der Waals surface area contributed by atoms with E-state index in [1.165, 1.54) is 25.7 Å². The molecule has 3 fully saturated rings. The van der Waals surface area contributed by atoms with Gasteiger partial charge < -0.3 is 4.74 Å². The van der Waals surface area contributed by atoms with Crippen LogP contribution in [0, 0.1) is 0 Å². The standard InChI is InChI=1S/C13H21NO2/c15-12-3-1-7-14(10-12)11-4-8-16-13(9-11)5-2-6-13/h11H,1-10H2. The van der Waals surface area contributed by atoms with E-state index in [-0.39, 0.29) is 5.60 Å². The molecule has 0 N–H and O–H groups in total. The first-order valence-corrected chi connectivity index (χ1v) is 6.67. The molecule has 0 aromatic heterocycles. The van der Waals surface area contributed by atoms with Gasteiger partial charge in [0.1, 0.15) is 5.78 Å². The first-order valence-electron chi connectivity index (χ1n) is 6.67. The number of hydrogen-bond donors (Lipinski definition) is 0. The maximum Gasteiger partial charge on any atom is 0.146 e. The van der Waals surface area contributed by atoms with Crippen molar-refractivity contribution in [1.82, 2.24) is 4.90 Å². The first kappa shape index (κ1) is 10.7.